The molecule has 1 saturated heterocycles. The molecule has 1 aliphatic heterocycles. The number of amides is 2. The number of anilines is 1. The molecule has 0 unspecified atom stereocenters. The van der Waals surface area contributed by atoms with Crippen LogP contribution in [0.4, 0.5) is 10.1 Å². The average Bonchev–Trinajstić information content (AvgIpc) is 2.76. The highest BCUT2D eigenvalue weighted by atomic mass is 19.1. The minimum absolute atomic E-state index is 0.251. The third-order valence-corrected chi connectivity index (χ3v) is 4.66. The first-order valence-electron chi connectivity index (χ1n) is 9.58. The fraction of sp³-hybridized carbons (Fsp3) is 0.333. The largest absolute Gasteiger partial charge is 0.484 e. The topological polar surface area (TPSA) is 73.9 Å². The molecule has 2 aromatic carbocycles. The molecule has 154 valence electrons. The number of nitrogens with zero attached hydrogens (tertiary/aromatic N) is 2. The van der Waals surface area contributed by atoms with Crippen LogP contribution in [0.15, 0.2) is 54.6 Å². The number of benzene rings is 2. The van der Waals surface area contributed by atoms with Crippen LogP contribution in [-0.4, -0.2) is 56.0 Å². The van der Waals surface area contributed by atoms with Crippen LogP contribution in [0.3, 0.4) is 0 Å². The maximum absolute atomic E-state index is 13.0. The lowest BCUT2D eigenvalue weighted by molar-refractivity contribution is -0.130. The number of rotatable bonds is 7. The molecule has 0 aromatic heterocycles. The monoisotopic (exact) mass is 400 g/mol. The summed E-state index contributed by atoms with van der Waals surface area (Å²) in [5, 5.41) is 0. The van der Waals surface area contributed by atoms with Crippen molar-refractivity contribution in [1.82, 2.24) is 15.8 Å². The van der Waals surface area contributed by atoms with Crippen LogP contribution in [0, 0.1) is 5.82 Å². The van der Waals surface area contributed by atoms with E-state index in [2.05, 4.69) is 32.8 Å². The lowest BCUT2D eigenvalue weighted by atomic mass is 10.2. The molecule has 2 N–H and O–H groups in total. The van der Waals surface area contributed by atoms with Crippen molar-refractivity contribution in [2.24, 2.45) is 0 Å². The maximum atomic E-state index is 13.0. The van der Waals surface area contributed by atoms with Gasteiger partial charge in [0.2, 0.25) is 5.91 Å². The number of hydrogen-bond acceptors (Lipinski definition) is 5. The Morgan fingerprint density at radius 1 is 0.931 bits per heavy atom. The molecule has 2 amide bonds. The number of halogens is 1. The zero-order valence-electron chi connectivity index (χ0n) is 16.1. The first kappa shape index (κ1) is 20.6. The van der Waals surface area contributed by atoms with E-state index in [4.69, 9.17) is 4.74 Å². The van der Waals surface area contributed by atoms with E-state index >= 15 is 0 Å². The lowest BCUT2D eigenvalue weighted by Gasteiger charge is -2.36. The van der Waals surface area contributed by atoms with E-state index in [-0.39, 0.29) is 24.7 Å². The summed E-state index contributed by atoms with van der Waals surface area (Å²) in [4.78, 5) is 28.2. The van der Waals surface area contributed by atoms with Crippen molar-refractivity contribution in [3.05, 3.63) is 60.4 Å². The highest BCUT2D eigenvalue weighted by Gasteiger charge is 2.17. The van der Waals surface area contributed by atoms with Gasteiger partial charge < -0.3 is 9.64 Å². The van der Waals surface area contributed by atoms with Gasteiger partial charge in [0.05, 0.1) is 0 Å². The highest BCUT2D eigenvalue weighted by Crippen LogP contribution is 2.15. The standard InChI is InChI=1S/C21H25FN4O3/c22-17-5-4-8-19(15-17)29-16-21(28)24-23-20(27)9-10-25-11-13-26(14-12-25)18-6-2-1-3-7-18/h1-8,15H,9-14,16H2,(H,23,27)(H,24,28). The number of hydrogen-bond donors (Lipinski definition) is 2. The molecule has 0 spiro atoms. The Hall–Kier alpha value is -3.13. The molecule has 1 aliphatic rings. The number of para-hydroxylation sites is 1. The number of nitrogens with one attached hydrogen (secondary N) is 2. The summed E-state index contributed by atoms with van der Waals surface area (Å²) >= 11 is 0. The number of carbonyl (C=O) groups is 2. The molecule has 29 heavy (non-hydrogen) atoms. The van der Waals surface area contributed by atoms with E-state index < -0.39 is 11.7 Å². The smallest absolute Gasteiger partial charge is 0.276 e. The second-order valence-corrected chi connectivity index (χ2v) is 6.76. The second-order valence-electron chi connectivity index (χ2n) is 6.76. The Morgan fingerprint density at radius 2 is 1.66 bits per heavy atom. The predicted molar refractivity (Wildman–Crippen MR) is 108 cm³/mol. The van der Waals surface area contributed by atoms with Gasteiger partial charge in [0.25, 0.3) is 5.91 Å². The molecule has 2 aromatic rings. The molecule has 8 heteroatoms. The number of ether oxygens (including phenoxy) is 1. The van der Waals surface area contributed by atoms with Crippen molar-refractivity contribution in [1.29, 1.82) is 0 Å². The fourth-order valence-corrected chi connectivity index (χ4v) is 3.07. The molecule has 0 radical (unpaired) electrons. The summed E-state index contributed by atoms with van der Waals surface area (Å²) in [6.45, 7) is 3.92. The second kappa shape index (κ2) is 10.4. The normalized spacial score (nSPS) is 14.3. The Morgan fingerprint density at radius 3 is 2.38 bits per heavy atom. The summed E-state index contributed by atoms with van der Waals surface area (Å²) in [7, 11) is 0. The highest BCUT2D eigenvalue weighted by molar-refractivity contribution is 5.82. The molecule has 0 saturated carbocycles. The van der Waals surface area contributed by atoms with Crippen molar-refractivity contribution in [2.75, 3.05) is 44.2 Å². The van der Waals surface area contributed by atoms with Gasteiger partial charge in [-0.2, -0.15) is 0 Å². The number of piperazine rings is 1. The molecule has 1 fully saturated rings. The van der Waals surface area contributed by atoms with Gasteiger partial charge in [-0.25, -0.2) is 4.39 Å². The maximum Gasteiger partial charge on any atom is 0.276 e. The van der Waals surface area contributed by atoms with Gasteiger partial charge in [-0.15, -0.1) is 0 Å². The molecule has 0 bridgehead atoms. The van der Waals surface area contributed by atoms with Crippen molar-refractivity contribution in [2.45, 2.75) is 6.42 Å². The molecule has 7 nitrogen and oxygen atoms in total. The lowest BCUT2D eigenvalue weighted by Crippen LogP contribution is -2.48. The van der Waals surface area contributed by atoms with Crippen LogP contribution in [0.2, 0.25) is 0 Å². The Kier molecular flexibility index (Phi) is 7.40. The summed E-state index contributed by atoms with van der Waals surface area (Å²) in [6, 6.07) is 15.8. The molecular weight excluding hydrogens is 375 g/mol. The van der Waals surface area contributed by atoms with E-state index in [1.165, 1.54) is 23.9 Å². The summed E-state index contributed by atoms with van der Waals surface area (Å²) < 4.78 is 18.2. The Bertz CT molecular complexity index is 811. The Balaban J connectivity index is 1.29. The first-order chi connectivity index (χ1) is 14.1. The van der Waals surface area contributed by atoms with Gasteiger partial charge in [-0.05, 0) is 24.3 Å². The zero-order chi connectivity index (χ0) is 20.5. The Labute approximate surface area is 169 Å². The van der Waals surface area contributed by atoms with Gasteiger partial charge in [0.1, 0.15) is 11.6 Å². The van der Waals surface area contributed by atoms with Crippen molar-refractivity contribution in [3.8, 4) is 5.75 Å². The van der Waals surface area contributed by atoms with E-state index in [1.54, 1.807) is 6.07 Å². The SMILES string of the molecule is O=C(CCN1CCN(c2ccccc2)CC1)NNC(=O)COc1cccc(F)c1. The molecule has 0 aliphatic carbocycles. The van der Waals surface area contributed by atoms with Crippen molar-refractivity contribution >= 4 is 17.5 Å². The van der Waals surface area contributed by atoms with Crippen LogP contribution in [0.25, 0.3) is 0 Å². The number of hydrazine groups is 1. The average molecular weight is 400 g/mol. The van der Waals surface area contributed by atoms with E-state index in [9.17, 15) is 14.0 Å². The van der Waals surface area contributed by atoms with E-state index in [0.29, 0.717) is 6.54 Å². The molecule has 3 rings (SSSR count). The van der Waals surface area contributed by atoms with Gasteiger partial charge in [0, 0.05) is 50.9 Å². The summed E-state index contributed by atoms with van der Waals surface area (Å²) in [5.41, 5.74) is 5.89. The van der Waals surface area contributed by atoms with Gasteiger partial charge >= 0.3 is 0 Å². The zero-order valence-corrected chi connectivity index (χ0v) is 16.1. The predicted octanol–water partition coefficient (Wildman–Crippen LogP) is 1.56. The molecular formula is C21H25FN4O3. The van der Waals surface area contributed by atoms with Crippen LogP contribution >= 0.6 is 0 Å². The third-order valence-electron chi connectivity index (χ3n) is 4.66. The molecule has 0 atom stereocenters. The van der Waals surface area contributed by atoms with Gasteiger partial charge in [-0.1, -0.05) is 24.3 Å². The number of carbonyl (C=O) groups excluding carboxylic acids is 2. The van der Waals surface area contributed by atoms with Gasteiger partial charge in [0.15, 0.2) is 6.61 Å². The van der Waals surface area contributed by atoms with Crippen LogP contribution in [-0.2, 0) is 9.59 Å². The van der Waals surface area contributed by atoms with Crippen LogP contribution in [0.1, 0.15) is 6.42 Å². The first-order valence-corrected chi connectivity index (χ1v) is 9.58. The quantitative estimate of drug-likeness (QED) is 0.690. The fourth-order valence-electron chi connectivity index (χ4n) is 3.07. The van der Waals surface area contributed by atoms with Gasteiger partial charge in [-0.3, -0.25) is 25.3 Å². The van der Waals surface area contributed by atoms with E-state index in [1.807, 2.05) is 18.2 Å². The van der Waals surface area contributed by atoms with Crippen molar-refractivity contribution < 1.29 is 18.7 Å². The van der Waals surface area contributed by atoms with Crippen molar-refractivity contribution in [3.63, 3.8) is 0 Å². The third kappa shape index (κ3) is 6.76. The summed E-state index contributed by atoms with van der Waals surface area (Å²) in [5.74, 6) is -0.976. The molecule has 1 heterocycles. The van der Waals surface area contributed by atoms with Crippen LogP contribution < -0.4 is 20.5 Å². The minimum Gasteiger partial charge on any atom is -0.484 e. The van der Waals surface area contributed by atoms with E-state index in [0.717, 1.165) is 26.2 Å². The van der Waals surface area contributed by atoms with Crippen LogP contribution in [0.5, 0.6) is 5.75 Å². The minimum atomic E-state index is -0.515. The summed E-state index contributed by atoms with van der Waals surface area (Å²) in [6.07, 6.45) is 0.288.